The minimum atomic E-state index is 0.566. The summed E-state index contributed by atoms with van der Waals surface area (Å²) < 4.78 is 5.98. The van der Waals surface area contributed by atoms with Gasteiger partial charge in [-0.1, -0.05) is 0 Å². The average Bonchev–Trinajstić information content (AvgIpc) is 2.47. The van der Waals surface area contributed by atoms with Gasteiger partial charge in [-0.05, 0) is 53.8 Å². The fourth-order valence-corrected chi connectivity index (χ4v) is 2.26. The second-order valence-corrected chi connectivity index (χ2v) is 4.18. The summed E-state index contributed by atoms with van der Waals surface area (Å²) in [6.45, 7) is 2.15. The fourth-order valence-electron chi connectivity index (χ4n) is 1.84. The molecule has 1 aliphatic rings. The smallest absolute Gasteiger partial charge is 0.195 e. The Morgan fingerprint density at radius 3 is 2.69 bits per heavy atom. The largest absolute Gasteiger partial charge is 0.434 e. The highest BCUT2D eigenvalue weighted by molar-refractivity contribution is 9.10. The zero-order valence-electron chi connectivity index (χ0n) is 7.35. The summed E-state index contributed by atoms with van der Waals surface area (Å²) >= 11 is 3.29. The van der Waals surface area contributed by atoms with Gasteiger partial charge in [0.2, 0.25) is 0 Å². The van der Waals surface area contributed by atoms with E-state index in [0.29, 0.717) is 11.8 Å². The molecule has 0 unspecified atom stereocenters. The highest BCUT2D eigenvalue weighted by Crippen LogP contribution is 2.33. The number of anilines is 1. The number of halogens is 1. The Hall–Kier alpha value is -0.480. The first-order valence-corrected chi connectivity index (χ1v) is 5.32. The fraction of sp³-hybridized carbons (Fsp3) is 0.556. The number of nitrogen functional groups attached to an aromatic ring is 1. The van der Waals surface area contributed by atoms with Gasteiger partial charge in [-0.15, -0.1) is 0 Å². The summed E-state index contributed by atoms with van der Waals surface area (Å²) in [6, 6.07) is 1.99. The number of nitrogens with one attached hydrogen (secondary N) is 1. The Morgan fingerprint density at radius 2 is 2.15 bits per heavy atom. The standard InChI is InChI=1S/C9H13BrN2O/c10-8-5-7(9(11)13-8)6-1-3-12-4-2-6/h5-6,12H,1-4,11H2. The van der Waals surface area contributed by atoms with E-state index in [1.165, 1.54) is 0 Å². The van der Waals surface area contributed by atoms with Crippen LogP contribution in [0.3, 0.4) is 0 Å². The van der Waals surface area contributed by atoms with Gasteiger partial charge in [-0.3, -0.25) is 0 Å². The van der Waals surface area contributed by atoms with Crippen molar-refractivity contribution in [3.63, 3.8) is 0 Å². The van der Waals surface area contributed by atoms with Gasteiger partial charge < -0.3 is 15.5 Å². The predicted molar refractivity (Wildman–Crippen MR) is 55.7 cm³/mol. The van der Waals surface area contributed by atoms with Crippen LogP contribution in [0.15, 0.2) is 15.2 Å². The van der Waals surface area contributed by atoms with Crippen LogP contribution in [0.1, 0.15) is 24.3 Å². The van der Waals surface area contributed by atoms with E-state index in [-0.39, 0.29) is 0 Å². The van der Waals surface area contributed by atoms with Crippen molar-refractivity contribution in [3.05, 3.63) is 16.3 Å². The molecule has 3 N–H and O–H groups in total. The Kier molecular flexibility index (Phi) is 2.60. The molecule has 2 rings (SSSR count). The van der Waals surface area contributed by atoms with E-state index in [1.54, 1.807) is 0 Å². The second kappa shape index (κ2) is 3.72. The lowest BCUT2D eigenvalue weighted by Gasteiger charge is -2.21. The van der Waals surface area contributed by atoms with Crippen molar-refractivity contribution >= 4 is 21.8 Å². The molecule has 0 bridgehead atoms. The molecule has 1 saturated heterocycles. The Morgan fingerprint density at radius 1 is 1.46 bits per heavy atom. The molecule has 1 fully saturated rings. The number of nitrogens with two attached hydrogens (primary N) is 1. The van der Waals surface area contributed by atoms with Gasteiger partial charge in [0.15, 0.2) is 10.6 Å². The molecule has 1 aliphatic heterocycles. The van der Waals surface area contributed by atoms with Crippen LogP contribution in [-0.2, 0) is 0 Å². The summed E-state index contributed by atoms with van der Waals surface area (Å²) in [6.07, 6.45) is 2.30. The van der Waals surface area contributed by atoms with Crippen molar-refractivity contribution in [2.24, 2.45) is 0 Å². The molecule has 3 nitrogen and oxygen atoms in total. The summed E-state index contributed by atoms with van der Waals surface area (Å²) in [4.78, 5) is 0. The SMILES string of the molecule is Nc1oc(Br)cc1C1CCNCC1. The molecule has 0 atom stereocenters. The van der Waals surface area contributed by atoms with E-state index in [9.17, 15) is 0 Å². The molecular formula is C9H13BrN2O. The predicted octanol–water partition coefficient (Wildman–Crippen LogP) is 2.09. The van der Waals surface area contributed by atoms with Gasteiger partial charge in [0, 0.05) is 5.56 Å². The Bertz CT molecular complexity index is 292. The van der Waals surface area contributed by atoms with Crippen LogP contribution in [0, 0.1) is 0 Å². The Balaban J connectivity index is 2.18. The zero-order chi connectivity index (χ0) is 9.26. The second-order valence-electron chi connectivity index (χ2n) is 3.39. The first-order valence-electron chi connectivity index (χ1n) is 4.53. The molecule has 13 heavy (non-hydrogen) atoms. The molecule has 0 aromatic carbocycles. The van der Waals surface area contributed by atoms with Crippen molar-refractivity contribution < 1.29 is 4.42 Å². The summed E-state index contributed by atoms with van der Waals surface area (Å²) in [7, 11) is 0. The van der Waals surface area contributed by atoms with E-state index < -0.39 is 0 Å². The number of hydrogen-bond acceptors (Lipinski definition) is 3. The lowest BCUT2D eigenvalue weighted by atomic mass is 9.92. The van der Waals surface area contributed by atoms with Crippen LogP contribution in [0.25, 0.3) is 0 Å². The summed E-state index contributed by atoms with van der Waals surface area (Å²) in [5.74, 6) is 1.13. The first kappa shape index (κ1) is 9.09. The molecule has 1 aromatic heterocycles. The molecule has 1 aromatic rings. The Labute approximate surface area is 85.8 Å². The molecule has 72 valence electrons. The maximum absolute atomic E-state index is 5.76. The highest BCUT2D eigenvalue weighted by Gasteiger charge is 2.20. The molecule has 4 heteroatoms. The van der Waals surface area contributed by atoms with Crippen molar-refractivity contribution in [3.8, 4) is 0 Å². The van der Waals surface area contributed by atoms with E-state index in [0.717, 1.165) is 36.2 Å². The monoisotopic (exact) mass is 244 g/mol. The zero-order valence-corrected chi connectivity index (χ0v) is 8.93. The summed E-state index contributed by atoms with van der Waals surface area (Å²) in [5.41, 5.74) is 6.92. The van der Waals surface area contributed by atoms with Crippen molar-refractivity contribution in [1.82, 2.24) is 5.32 Å². The molecule has 0 amide bonds. The van der Waals surface area contributed by atoms with Crippen LogP contribution in [0.2, 0.25) is 0 Å². The van der Waals surface area contributed by atoms with E-state index in [4.69, 9.17) is 10.2 Å². The molecule has 2 heterocycles. The van der Waals surface area contributed by atoms with E-state index in [2.05, 4.69) is 21.2 Å². The van der Waals surface area contributed by atoms with Crippen LogP contribution >= 0.6 is 15.9 Å². The maximum atomic E-state index is 5.76. The molecule has 0 spiro atoms. The van der Waals surface area contributed by atoms with E-state index in [1.807, 2.05) is 6.07 Å². The van der Waals surface area contributed by atoms with E-state index >= 15 is 0 Å². The van der Waals surface area contributed by atoms with Crippen molar-refractivity contribution in [1.29, 1.82) is 0 Å². The van der Waals surface area contributed by atoms with Gasteiger partial charge in [-0.2, -0.15) is 0 Å². The third kappa shape index (κ3) is 1.89. The van der Waals surface area contributed by atoms with Crippen LogP contribution < -0.4 is 11.1 Å². The third-order valence-corrected chi connectivity index (χ3v) is 2.93. The normalized spacial score (nSPS) is 19.2. The molecule has 0 aliphatic carbocycles. The van der Waals surface area contributed by atoms with Gasteiger partial charge >= 0.3 is 0 Å². The average molecular weight is 245 g/mol. The number of furan rings is 1. The lowest BCUT2D eigenvalue weighted by molar-refractivity contribution is 0.458. The van der Waals surface area contributed by atoms with Gasteiger partial charge in [-0.25, -0.2) is 0 Å². The molecule has 0 saturated carbocycles. The number of piperidine rings is 1. The number of rotatable bonds is 1. The molecule has 0 radical (unpaired) electrons. The van der Waals surface area contributed by atoms with Crippen LogP contribution in [-0.4, -0.2) is 13.1 Å². The van der Waals surface area contributed by atoms with Crippen LogP contribution in [0.4, 0.5) is 5.88 Å². The van der Waals surface area contributed by atoms with Crippen LogP contribution in [0.5, 0.6) is 0 Å². The highest BCUT2D eigenvalue weighted by atomic mass is 79.9. The molecular weight excluding hydrogens is 232 g/mol. The maximum Gasteiger partial charge on any atom is 0.195 e. The van der Waals surface area contributed by atoms with Gasteiger partial charge in [0.1, 0.15) is 0 Å². The first-order chi connectivity index (χ1) is 6.27. The topological polar surface area (TPSA) is 51.2 Å². The van der Waals surface area contributed by atoms with Crippen molar-refractivity contribution in [2.45, 2.75) is 18.8 Å². The summed E-state index contributed by atoms with van der Waals surface area (Å²) in [5, 5.41) is 3.33. The van der Waals surface area contributed by atoms with Gasteiger partial charge in [0.05, 0.1) is 0 Å². The van der Waals surface area contributed by atoms with Gasteiger partial charge in [0.25, 0.3) is 0 Å². The minimum absolute atomic E-state index is 0.566. The number of hydrogen-bond donors (Lipinski definition) is 2. The van der Waals surface area contributed by atoms with Crippen molar-refractivity contribution in [2.75, 3.05) is 18.8 Å². The third-order valence-electron chi connectivity index (χ3n) is 2.54. The lowest BCUT2D eigenvalue weighted by Crippen LogP contribution is -2.26. The quantitative estimate of drug-likeness (QED) is 0.796. The minimum Gasteiger partial charge on any atom is -0.434 e.